The highest BCUT2D eigenvalue weighted by atomic mass is 19.1. The molecule has 0 saturated heterocycles. The van der Waals surface area contributed by atoms with E-state index in [4.69, 9.17) is 0 Å². The standard InChI is InChI=1S/C17H20FN/c1-11-5-7-15(13(3)9-11)14(4)19-17-10-12(2)6-8-16(17)18/h5-10,14,19H,1-4H3. The van der Waals surface area contributed by atoms with Crippen molar-refractivity contribution in [2.24, 2.45) is 0 Å². The van der Waals surface area contributed by atoms with E-state index >= 15 is 0 Å². The summed E-state index contributed by atoms with van der Waals surface area (Å²) in [7, 11) is 0. The van der Waals surface area contributed by atoms with Crippen LogP contribution in [0.1, 0.15) is 35.2 Å². The van der Waals surface area contributed by atoms with Crippen molar-refractivity contribution in [3.63, 3.8) is 0 Å². The van der Waals surface area contributed by atoms with Gasteiger partial charge >= 0.3 is 0 Å². The fourth-order valence-electron chi connectivity index (χ4n) is 2.37. The zero-order valence-electron chi connectivity index (χ0n) is 11.9. The number of halogens is 1. The lowest BCUT2D eigenvalue weighted by atomic mass is 10.00. The number of aryl methyl sites for hydroxylation is 3. The van der Waals surface area contributed by atoms with Crippen molar-refractivity contribution in [2.75, 3.05) is 5.32 Å². The van der Waals surface area contributed by atoms with E-state index in [1.807, 2.05) is 13.0 Å². The fourth-order valence-corrected chi connectivity index (χ4v) is 2.37. The summed E-state index contributed by atoms with van der Waals surface area (Å²) in [4.78, 5) is 0. The van der Waals surface area contributed by atoms with Crippen LogP contribution in [-0.4, -0.2) is 0 Å². The third-order valence-electron chi connectivity index (χ3n) is 3.39. The van der Waals surface area contributed by atoms with Crippen molar-refractivity contribution in [1.29, 1.82) is 0 Å². The van der Waals surface area contributed by atoms with Gasteiger partial charge in [-0.2, -0.15) is 0 Å². The third-order valence-corrected chi connectivity index (χ3v) is 3.39. The average molecular weight is 257 g/mol. The molecule has 2 aromatic rings. The first-order valence-electron chi connectivity index (χ1n) is 6.57. The number of anilines is 1. The van der Waals surface area contributed by atoms with Crippen LogP contribution < -0.4 is 5.32 Å². The van der Waals surface area contributed by atoms with Crippen LogP contribution in [0.25, 0.3) is 0 Å². The molecular formula is C17H20FN. The van der Waals surface area contributed by atoms with Crippen molar-refractivity contribution < 1.29 is 4.39 Å². The van der Waals surface area contributed by atoms with E-state index in [0.717, 1.165) is 5.56 Å². The van der Waals surface area contributed by atoms with Crippen LogP contribution in [0.4, 0.5) is 10.1 Å². The van der Waals surface area contributed by atoms with Gasteiger partial charge in [0.1, 0.15) is 5.82 Å². The van der Waals surface area contributed by atoms with Crippen molar-refractivity contribution >= 4 is 5.69 Å². The minimum atomic E-state index is -0.206. The summed E-state index contributed by atoms with van der Waals surface area (Å²) in [6.45, 7) is 8.19. The predicted molar refractivity (Wildman–Crippen MR) is 79.1 cm³/mol. The van der Waals surface area contributed by atoms with Gasteiger partial charge in [0.05, 0.1) is 5.69 Å². The minimum Gasteiger partial charge on any atom is -0.376 e. The van der Waals surface area contributed by atoms with Gasteiger partial charge in [-0.25, -0.2) is 4.39 Å². The number of benzene rings is 2. The third kappa shape index (κ3) is 3.14. The van der Waals surface area contributed by atoms with Crippen molar-refractivity contribution in [2.45, 2.75) is 33.7 Å². The van der Waals surface area contributed by atoms with Gasteiger partial charge in [0, 0.05) is 6.04 Å². The Balaban J connectivity index is 2.25. The van der Waals surface area contributed by atoms with E-state index < -0.39 is 0 Å². The highest BCUT2D eigenvalue weighted by Gasteiger charge is 2.10. The molecule has 1 atom stereocenters. The van der Waals surface area contributed by atoms with Gasteiger partial charge in [-0.3, -0.25) is 0 Å². The highest BCUT2D eigenvalue weighted by molar-refractivity contribution is 5.49. The monoisotopic (exact) mass is 257 g/mol. The van der Waals surface area contributed by atoms with Crippen LogP contribution in [-0.2, 0) is 0 Å². The SMILES string of the molecule is Cc1ccc(C(C)Nc2cc(C)ccc2F)c(C)c1. The zero-order chi connectivity index (χ0) is 14.0. The average Bonchev–Trinajstić information content (AvgIpc) is 2.33. The molecule has 0 spiro atoms. The topological polar surface area (TPSA) is 12.0 Å². The van der Waals surface area contributed by atoms with Gasteiger partial charge in [-0.1, -0.05) is 29.8 Å². The summed E-state index contributed by atoms with van der Waals surface area (Å²) in [5.41, 5.74) is 5.29. The molecule has 19 heavy (non-hydrogen) atoms. The molecule has 0 amide bonds. The predicted octanol–water partition coefficient (Wildman–Crippen LogP) is 4.92. The Kier molecular flexibility index (Phi) is 3.89. The highest BCUT2D eigenvalue weighted by Crippen LogP contribution is 2.25. The number of hydrogen-bond donors (Lipinski definition) is 1. The molecule has 1 nitrogen and oxygen atoms in total. The second-order valence-corrected chi connectivity index (χ2v) is 5.21. The van der Waals surface area contributed by atoms with Gasteiger partial charge in [-0.05, 0) is 56.5 Å². The molecule has 2 aromatic carbocycles. The first-order chi connectivity index (χ1) is 8.97. The Morgan fingerprint density at radius 2 is 1.58 bits per heavy atom. The minimum absolute atomic E-state index is 0.0805. The lowest BCUT2D eigenvalue weighted by molar-refractivity contribution is 0.627. The van der Waals surface area contributed by atoms with E-state index in [1.165, 1.54) is 22.8 Å². The number of nitrogens with one attached hydrogen (secondary N) is 1. The summed E-state index contributed by atoms with van der Waals surface area (Å²) >= 11 is 0. The van der Waals surface area contributed by atoms with E-state index in [2.05, 4.69) is 44.3 Å². The Bertz CT molecular complexity index is 590. The van der Waals surface area contributed by atoms with Gasteiger partial charge in [-0.15, -0.1) is 0 Å². The Labute approximate surface area is 114 Å². The van der Waals surface area contributed by atoms with Crippen molar-refractivity contribution in [3.05, 3.63) is 64.5 Å². The maximum Gasteiger partial charge on any atom is 0.146 e. The van der Waals surface area contributed by atoms with E-state index in [9.17, 15) is 4.39 Å². The second kappa shape index (κ2) is 5.43. The second-order valence-electron chi connectivity index (χ2n) is 5.21. The van der Waals surface area contributed by atoms with Gasteiger partial charge in [0.2, 0.25) is 0 Å². The maximum absolute atomic E-state index is 13.7. The largest absolute Gasteiger partial charge is 0.376 e. The fraction of sp³-hybridized carbons (Fsp3) is 0.294. The molecule has 0 fully saturated rings. The molecule has 0 bridgehead atoms. The lowest BCUT2D eigenvalue weighted by Crippen LogP contribution is -2.09. The molecule has 2 rings (SSSR count). The Hall–Kier alpha value is -1.83. The van der Waals surface area contributed by atoms with Crippen molar-refractivity contribution in [1.82, 2.24) is 0 Å². The molecule has 1 unspecified atom stereocenters. The first-order valence-corrected chi connectivity index (χ1v) is 6.57. The summed E-state index contributed by atoms with van der Waals surface area (Å²) < 4.78 is 13.7. The first kappa shape index (κ1) is 13.6. The molecule has 0 saturated carbocycles. The molecule has 0 aliphatic rings. The smallest absolute Gasteiger partial charge is 0.146 e. The van der Waals surface area contributed by atoms with Crippen LogP contribution in [0.5, 0.6) is 0 Å². The van der Waals surface area contributed by atoms with Gasteiger partial charge in [0.15, 0.2) is 0 Å². The van der Waals surface area contributed by atoms with Crippen LogP contribution in [0, 0.1) is 26.6 Å². The quantitative estimate of drug-likeness (QED) is 0.822. The number of hydrogen-bond acceptors (Lipinski definition) is 1. The van der Waals surface area contributed by atoms with Gasteiger partial charge < -0.3 is 5.32 Å². The maximum atomic E-state index is 13.7. The lowest BCUT2D eigenvalue weighted by Gasteiger charge is -2.19. The molecule has 0 aromatic heterocycles. The summed E-state index contributed by atoms with van der Waals surface area (Å²) in [6.07, 6.45) is 0. The molecule has 2 heteroatoms. The Morgan fingerprint density at radius 1 is 0.947 bits per heavy atom. The molecular weight excluding hydrogens is 237 g/mol. The van der Waals surface area contributed by atoms with E-state index in [-0.39, 0.29) is 11.9 Å². The number of rotatable bonds is 3. The molecule has 0 radical (unpaired) electrons. The molecule has 0 heterocycles. The summed E-state index contributed by atoms with van der Waals surface area (Å²) in [5.74, 6) is -0.206. The molecule has 1 N–H and O–H groups in total. The summed E-state index contributed by atoms with van der Waals surface area (Å²) in [6, 6.07) is 11.6. The van der Waals surface area contributed by atoms with Gasteiger partial charge in [0.25, 0.3) is 0 Å². The Morgan fingerprint density at radius 3 is 2.26 bits per heavy atom. The zero-order valence-corrected chi connectivity index (χ0v) is 11.9. The van der Waals surface area contributed by atoms with Crippen LogP contribution in [0.2, 0.25) is 0 Å². The van der Waals surface area contributed by atoms with Crippen LogP contribution in [0.15, 0.2) is 36.4 Å². The van der Waals surface area contributed by atoms with Crippen LogP contribution in [0.3, 0.4) is 0 Å². The van der Waals surface area contributed by atoms with Crippen molar-refractivity contribution in [3.8, 4) is 0 Å². The molecule has 0 aliphatic carbocycles. The normalized spacial score (nSPS) is 12.3. The summed E-state index contributed by atoms with van der Waals surface area (Å²) in [5, 5.41) is 3.25. The van der Waals surface area contributed by atoms with E-state index in [0.29, 0.717) is 5.69 Å². The van der Waals surface area contributed by atoms with Crippen LogP contribution >= 0.6 is 0 Å². The molecule has 0 aliphatic heterocycles. The molecule has 100 valence electrons. The van der Waals surface area contributed by atoms with E-state index in [1.54, 1.807) is 6.07 Å².